The number of benzene rings is 3. The molecule has 0 heterocycles. The minimum absolute atomic E-state index is 0.0742. The molecule has 0 bridgehead atoms. The van der Waals surface area contributed by atoms with Gasteiger partial charge in [-0.15, -0.1) is 0 Å². The summed E-state index contributed by atoms with van der Waals surface area (Å²) in [5.41, 5.74) is 2.02. The van der Waals surface area contributed by atoms with Crippen LogP contribution >= 0.6 is 15.9 Å². The average Bonchev–Trinajstić information content (AvgIpc) is 3.48. The number of sulfonamides is 1. The number of amides is 2. The summed E-state index contributed by atoms with van der Waals surface area (Å²) < 4.78 is 35.1. The van der Waals surface area contributed by atoms with Gasteiger partial charge in [-0.2, -0.15) is 0 Å². The van der Waals surface area contributed by atoms with E-state index in [0.29, 0.717) is 11.4 Å². The molecule has 1 aliphatic carbocycles. The largest absolute Gasteiger partial charge is 0.497 e. The van der Waals surface area contributed by atoms with Crippen molar-refractivity contribution in [1.82, 2.24) is 10.2 Å². The molecule has 1 aliphatic rings. The van der Waals surface area contributed by atoms with E-state index in [1.165, 1.54) is 17.0 Å². The van der Waals surface area contributed by atoms with Crippen LogP contribution in [0.1, 0.15) is 43.7 Å². The van der Waals surface area contributed by atoms with Gasteiger partial charge in [-0.3, -0.25) is 13.9 Å². The van der Waals surface area contributed by atoms with Crippen molar-refractivity contribution >= 4 is 43.5 Å². The second-order valence-electron chi connectivity index (χ2n) is 10.3. The second kappa shape index (κ2) is 13.5. The molecule has 0 spiro atoms. The molecular formula is C31H36BrN3O5S. The molecule has 41 heavy (non-hydrogen) atoms. The fourth-order valence-corrected chi connectivity index (χ4v) is 6.59. The van der Waals surface area contributed by atoms with Crippen molar-refractivity contribution in [2.24, 2.45) is 0 Å². The van der Waals surface area contributed by atoms with Crippen molar-refractivity contribution < 1.29 is 22.7 Å². The Morgan fingerprint density at radius 2 is 1.68 bits per heavy atom. The Labute approximate surface area is 250 Å². The lowest BCUT2D eigenvalue weighted by Crippen LogP contribution is -2.52. The number of methoxy groups -OCH3 is 1. The molecule has 8 nitrogen and oxygen atoms in total. The summed E-state index contributed by atoms with van der Waals surface area (Å²) in [7, 11) is -2.55. The van der Waals surface area contributed by atoms with E-state index >= 15 is 0 Å². The van der Waals surface area contributed by atoms with E-state index in [0.717, 1.165) is 45.6 Å². The van der Waals surface area contributed by atoms with Crippen LogP contribution in [-0.2, 0) is 26.2 Å². The first-order chi connectivity index (χ1) is 19.6. The monoisotopic (exact) mass is 641 g/mol. The van der Waals surface area contributed by atoms with Gasteiger partial charge in [0.25, 0.3) is 10.0 Å². The summed E-state index contributed by atoms with van der Waals surface area (Å²) >= 11 is 3.39. The van der Waals surface area contributed by atoms with E-state index in [4.69, 9.17) is 4.74 Å². The highest BCUT2D eigenvalue weighted by molar-refractivity contribution is 9.10. The van der Waals surface area contributed by atoms with Gasteiger partial charge in [-0.05, 0) is 80.8 Å². The number of halogens is 1. The molecule has 1 atom stereocenters. The molecular weight excluding hydrogens is 606 g/mol. The lowest BCUT2D eigenvalue weighted by atomic mass is 10.1. The molecule has 3 aromatic rings. The molecule has 3 aromatic carbocycles. The molecule has 218 valence electrons. The van der Waals surface area contributed by atoms with E-state index in [2.05, 4.69) is 21.2 Å². The maximum atomic E-state index is 14.1. The summed E-state index contributed by atoms with van der Waals surface area (Å²) in [5.74, 6) is -0.137. The highest BCUT2D eigenvalue weighted by Gasteiger charge is 2.33. The molecule has 0 aromatic heterocycles. The zero-order chi connectivity index (χ0) is 29.6. The van der Waals surface area contributed by atoms with Crippen LogP contribution in [0.15, 0.2) is 82.2 Å². The quantitative estimate of drug-likeness (QED) is 0.301. The number of nitrogens with zero attached hydrogens (tertiary/aromatic N) is 2. The summed E-state index contributed by atoms with van der Waals surface area (Å²) in [5, 5.41) is 3.08. The molecule has 1 saturated carbocycles. The van der Waals surface area contributed by atoms with Crippen LogP contribution in [0.5, 0.6) is 5.75 Å². The highest BCUT2D eigenvalue weighted by Crippen LogP contribution is 2.27. The van der Waals surface area contributed by atoms with E-state index in [-0.39, 0.29) is 23.4 Å². The molecule has 0 unspecified atom stereocenters. The van der Waals surface area contributed by atoms with Gasteiger partial charge in [0, 0.05) is 17.1 Å². The first-order valence-corrected chi connectivity index (χ1v) is 15.9. The average molecular weight is 643 g/mol. The molecule has 2 amide bonds. The molecule has 1 N–H and O–H groups in total. The van der Waals surface area contributed by atoms with E-state index in [9.17, 15) is 18.0 Å². The third kappa shape index (κ3) is 7.68. The molecule has 4 rings (SSSR count). The van der Waals surface area contributed by atoms with Crippen molar-refractivity contribution in [2.75, 3.05) is 18.0 Å². The smallest absolute Gasteiger partial charge is 0.264 e. The Hall–Kier alpha value is -3.37. The number of aryl methyl sites for hydroxylation is 1. The number of carbonyl (C=O) groups is 2. The summed E-state index contributed by atoms with van der Waals surface area (Å²) in [6.07, 6.45) is 3.94. The van der Waals surface area contributed by atoms with Gasteiger partial charge in [0.15, 0.2) is 0 Å². The minimum atomic E-state index is -4.11. The SMILES string of the molecule is COc1cccc(CN(C(=O)CN(c2ccc(Br)cc2)S(=O)(=O)c2ccc(C)cc2)[C@@H](C)C(=O)NC2CCCC2)c1. The molecule has 1 fully saturated rings. The predicted molar refractivity (Wildman–Crippen MR) is 163 cm³/mol. The summed E-state index contributed by atoms with van der Waals surface area (Å²) in [6, 6.07) is 19.8. The number of ether oxygens (including phenoxy) is 1. The Morgan fingerprint density at radius 3 is 2.32 bits per heavy atom. The van der Waals surface area contributed by atoms with Gasteiger partial charge in [-0.1, -0.05) is 58.6 Å². The van der Waals surface area contributed by atoms with Crippen LogP contribution < -0.4 is 14.4 Å². The standard InChI is InChI=1S/C31H36BrN3O5S/c1-22-11-17-29(18-12-22)41(38,39)35(27-15-13-25(32)14-16-27)21-30(36)34(20-24-7-6-10-28(19-24)40-3)23(2)31(37)33-26-8-4-5-9-26/h6-7,10-19,23,26H,4-5,8-9,20-21H2,1-3H3,(H,33,37)/t23-/m0/s1. The first-order valence-electron chi connectivity index (χ1n) is 13.7. The third-order valence-corrected chi connectivity index (χ3v) is 9.68. The Balaban J connectivity index is 1.68. The second-order valence-corrected chi connectivity index (χ2v) is 13.1. The normalized spacial score (nSPS) is 14.3. The lowest BCUT2D eigenvalue weighted by Gasteiger charge is -2.32. The van der Waals surface area contributed by atoms with Crippen LogP contribution in [0, 0.1) is 6.92 Å². The van der Waals surface area contributed by atoms with Gasteiger partial charge >= 0.3 is 0 Å². The molecule has 0 radical (unpaired) electrons. The number of carbonyl (C=O) groups excluding carboxylic acids is 2. The lowest BCUT2D eigenvalue weighted by molar-refractivity contribution is -0.139. The zero-order valence-corrected chi connectivity index (χ0v) is 25.9. The highest BCUT2D eigenvalue weighted by atomic mass is 79.9. The fraction of sp³-hybridized carbons (Fsp3) is 0.355. The predicted octanol–water partition coefficient (Wildman–Crippen LogP) is 5.44. The van der Waals surface area contributed by atoms with E-state index < -0.39 is 28.5 Å². The van der Waals surface area contributed by atoms with Gasteiger partial charge in [0.1, 0.15) is 18.3 Å². The van der Waals surface area contributed by atoms with Crippen molar-refractivity contribution in [3.05, 3.63) is 88.4 Å². The number of hydrogen-bond acceptors (Lipinski definition) is 5. The number of rotatable bonds is 11. The van der Waals surface area contributed by atoms with Crippen LogP contribution in [0.2, 0.25) is 0 Å². The van der Waals surface area contributed by atoms with Crippen molar-refractivity contribution in [3.8, 4) is 5.75 Å². The van der Waals surface area contributed by atoms with Gasteiger partial charge in [0.05, 0.1) is 17.7 Å². The summed E-state index contributed by atoms with van der Waals surface area (Å²) in [6.45, 7) is 3.18. The van der Waals surface area contributed by atoms with Gasteiger partial charge in [-0.25, -0.2) is 8.42 Å². The molecule has 10 heteroatoms. The van der Waals surface area contributed by atoms with E-state index in [1.807, 2.05) is 19.1 Å². The van der Waals surface area contributed by atoms with Gasteiger partial charge < -0.3 is 15.0 Å². The first kappa shape index (κ1) is 30.6. The number of hydrogen-bond donors (Lipinski definition) is 1. The maximum absolute atomic E-state index is 14.1. The molecule has 0 saturated heterocycles. The van der Waals surface area contributed by atoms with Crippen LogP contribution in [0.3, 0.4) is 0 Å². The maximum Gasteiger partial charge on any atom is 0.264 e. The van der Waals surface area contributed by atoms with Crippen molar-refractivity contribution in [1.29, 1.82) is 0 Å². The van der Waals surface area contributed by atoms with Crippen LogP contribution in [0.25, 0.3) is 0 Å². The number of nitrogens with one attached hydrogen (secondary N) is 1. The van der Waals surface area contributed by atoms with Crippen LogP contribution in [-0.4, -0.2) is 50.9 Å². The Morgan fingerprint density at radius 1 is 1.02 bits per heavy atom. The molecule has 0 aliphatic heterocycles. The number of anilines is 1. The topological polar surface area (TPSA) is 96.0 Å². The van der Waals surface area contributed by atoms with Crippen molar-refractivity contribution in [3.63, 3.8) is 0 Å². The zero-order valence-electron chi connectivity index (χ0n) is 23.5. The summed E-state index contributed by atoms with van der Waals surface area (Å²) in [4.78, 5) is 28.9. The Kier molecular flexibility index (Phi) is 10.1. The minimum Gasteiger partial charge on any atom is -0.497 e. The van der Waals surface area contributed by atoms with Gasteiger partial charge in [0.2, 0.25) is 11.8 Å². The fourth-order valence-electron chi connectivity index (χ4n) is 4.92. The van der Waals surface area contributed by atoms with Crippen LogP contribution in [0.4, 0.5) is 5.69 Å². The third-order valence-electron chi connectivity index (χ3n) is 7.36. The van der Waals surface area contributed by atoms with E-state index in [1.54, 1.807) is 62.6 Å². The Bertz CT molecular complexity index is 1460. The van der Waals surface area contributed by atoms with Crippen molar-refractivity contribution in [2.45, 2.75) is 63.1 Å².